The van der Waals surface area contributed by atoms with E-state index in [0.29, 0.717) is 11.2 Å². The Morgan fingerprint density at radius 2 is 2.08 bits per heavy atom. The van der Waals surface area contributed by atoms with E-state index in [4.69, 9.17) is 10.7 Å². The van der Waals surface area contributed by atoms with E-state index in [-0.39, 0.29) is 11.6 Å². The lowest BCUT2D eigenvalue weighted by Crippen LogP contribution is -2.42. The predicted octanol–water partition coefficient (Wildman–Crippen LogP) is 3.20. The Hall–Kier alpha value is -1.70. The number of hydrogen-bond acceptors (Lipinski definition) is 5. The van der Waals surface area contributed by atoms with Crippen LogP contribution in [0.3, 0.4) is 0 Å². The molecule has 0 amide bonds. The Kier molecular flexibility index (Phi) is 4.62. The molecule has 130 valence electrons. The highest BCUT2D eigenvalue weighted by Gasteiger charge is 2.22. The molecule has 0 aliphatic carbocycles. The molecule has 0 bridgehead atoms. The van der Waals surface area contributed by atoms with Gasteiger partial charge in [0.25, 0.3) is 5.56 Å². The van der Waals surface area contributed by atoms with E-state index >= 15 is 0 Å². The van der Waals surface area contributed by atoms with Crippen molar-refractivity contribution in [3.8, 4) is 0 Å². The van der Waals surface area contributed by atoms with Crippen LogP contribution in [0.25, 0.3) is 10.2 Å². The van der Waals surface area contributed by atoms with Crippen LogP contribution in [-0.4, -0.2) is 28.7 Å². The second-order valence-electron chi connectivity index (χ2n) is 6.39. The van der Waals surface area contributed by atoms with Crippen LogP contribution >= 0.6 is 27.3 Å². The number of halogens is 1. The summed E-state index contributed by atoms with van der Waals surface area (Å²) in [5, 5.41) is 1.93. The van der Waals surface area contributed by atoms with Crippen molar-refractivity contribution < 1.29 is 0 Å². The molecule has 0 radical (unpaired) electrons. The van der Waals surface area contributed by atoms with Crippen LogP contribution < -0.4 is 16.2 Å². The molecule has 1 saturated heterocycles. The van der Waals surface area contributed by atoms with Crippen LogP contribution in [0.1, 0.15) is 18.4 Å². The van der Waals surface area contributed by atoms with Crippen LogP contribution in [0.2, 0.25) is 0 Å². The molecule has 4 rings (SSSR count). The number of piperidine rings is 1. The Bertz CT molecular complexity index is 959. The zero-order valence-corrected chi connectivity index (χ0v) is 16.1. The van der Waals surface area contributed by atoms with E-state index in [1.165, 1.54) is 11.3 Å². The van der Waals surface area contributed by atoms with Gasteiger partial charge in [-0.3, -0.25) is 9.36 Å². The quantitative estimate of drug-likeness (QED) is 0.708. The van der Waals surface area contributed by atoms with Gasteiger partial charge in [0, 0.05) is 23.6 Å². The minimum Gasteiger partial charge on any atom is -0.342 e. The van der Waals surface area contributed by atoms with Gasteiger partial charge < -0.3 is 10.6 Å². The lowest BCUT2D eigenvalue weighted by atomic mass is 10.1. The number of nitrogens with two attached hydrogens (primary N) is 1. The van der Waals surface area contributed by atoms with Crippen molar-refractivity contribution in [2.45, 2.75) is 25.4 Å². The fraction of sp³-hybridized carbons (Fsp3) is 0.333. The average Bonchev–Trinajstić information content (AvgIpc) is 3.07. The van der Waals surface area contributed by atoms with Crippen molar-refractivity contribution in [2.24, 2.45) is 5.73 Å². The minimum atomic E-state index is 0.0323. The normalized spacial score (nSPS) is 15.8. The number of thiophene rings is 1. The summed E-state index contributed by atoms with van der Waals surface area (Å²) in [6.07, 6.45) is 1.85. The largest absolute Gasteiger partial charge is 0.342 e. The highest BCUT2D eigenvalue weighted by Crippen LogP contribution is 2.23. The summed E-state index contributed by atoms with van der Waals surface area (Å²) in [6, 6.07) is 10.2. The lowest BCUT2D eigenvalue weighted by molar-refractivity contribution is 0.488. The molecule has 0 unspecified atom stereocenters. The van der Waals surface area contributed by atoms with E-state index in [9.17, 15) is 4.79 Å². The van der Waals surface area contributed by atoms with Gasteiger partial charge in [0.05, 0.1) is 12.1 Å². The number of fused-ring (bicyclic) bond motifs is 1. The van der Waals surface area contributed by atoms with Gasteiger partial charge in [-0.15, -0.1) is 11.3 Å². The molecular formula is C18H19BrN4OS. The van der Waals surface area contributed by atoms with Crippen molar-refractivity contribution in [1.29, 1.82) is 0 Å². The van der Waals surface area contributed by atoms with Crippen molar-refractivity contribution in [1.82, 2.24) is 9.55 Å². The van der Waals surface area contributed by atoms with E-state index in [1.54, 1.807) is 4.57 Å². The standard InChI is InChI=1S/C18H19BrN4OS/c19-13-3-1-2-12(10-13)11-23-17(24)16-15(6-9-25-16)21-18(23)22-7-4-14(20)5-8-22/h1-3,6,9-10,14H,4-5,7-8,11,20H2. The maximum Gasteiger partial charge on any atom is 0.273 e. The van der Waals surface area contributed by atoms with Gasteiger partial charge >= 0.3 is 0 Å². The van der Waals surface area contributed by atoms with E-state index in [0.717, 1.165) is 47.4 Å². The van der Waals surface area contributed by atoms with Gasteiger partial charge in [0.1, 0.15) is 4.70 Å². The van der Waals surface area contributed by atoms with Gasteiger partial charge in [-0.25, -0.2) is 4.98 Å². The third-order valence-electron chi connectivity index (χ3n) is 4.60. The Morgan fingerprint density at radius 1 is 1.28 bits per heavy atom. The van der Waals surface area contributed by atoms with E-state index < -0.39 is 0 Å². The Morgan fingerprint density at radius 3 is 2.84 bits per heavy atom. The fourth-order valence-corrected chi connectivity index (χ4v) is 4.46. The first kappa shape index (κ1) is 16.8. The molecule has 0 atom stereocenters. The number of rotatable bonds is 3. The van der Waals surface area contributed by atoms with Crippen molar-refractivity contribution in [3.63, 3.8) is 0 Å². The number of anilines is 1. The Balaban J connectivity index is 1.81. The lowest BCUT2D eigenvalue weighted by Gasteiger charge is -2.32. The monoisotopic (exact) mass is 418 g/mol. The second kappa shape index (κ2) is 6.90. The molecule has 1 fully saturated rings. The summed E-state index contributed by atoms with van der Waals surface area (Å²) in [5.41, 5.74) is 7.93. The third kappa shape index (κ3) is 3.36. The number of hydrogen-bond donors (Lipinski definition) is 1. The van der Waals surface area contributed by atoms with E-state index in [2.05, 4.69) is 20.8 Å². The first-order chi connectivity index (χ1) is 12.1. The maximum absolute atomic E-state index is 13.1. The van der Waals surface area contributed by atoms with Crippen LogP contribution in [0.5, 0.6) is 0 Å². The van der Waals surface area contributed by atoms with Crippen LogP contribution in [0, 0.1) is 0 Å². The van der Waals surface area contributed by atoms with Gasteiger partial charge in [-0.1, -0.05) is 28.1 Å². The minimum absolute atomic E-state index is 0.0323. The van der Waals surface area contributed by atoms with Crippen molar-refractivity contribution >= 4 is 43.4 Å². The average molecular weight is 419 g/mol. The predicted molar refractivity (Wildman–Crippen MR) is 107 cm³/mol. The highest BCUT2D eigenvalue weighted by molar-refractivity contribution is 9.10. The van der Waals surface area contributed by atoms with Crippen LogP contribution in [-0.2, 0) is 6.54 Å². The summed E-state index contributed by atoms with van der Waals surface area (Å²) >= 11 is 4.96. The van der Waals surface area contributed by atoms with Gasteiger partial charge in [-0.05, 0) is 42.0 Å². The molecule has 7 heteroatoms. The molecule has 1 aliphatic heterocycles. The SMILES string of the molecule is NC1CCN(c2nc3ccsc3c(=O)n2Cc2cccc(Br)c2)CC1. The van der Waals surface area contributed by atoms with Crippen molar-refractivity contribution in [3.05, 3.63) is 56.1 Å². The molecule has 1 aromatic carbocycles. The molecule has 3 aromatic rings. The number of aromatic nitrogens is 2. The summed E-state index contributed by atoms with van der Waals surface area (Å²) in [4.78, 5) is 20.1. The highest BCUT2D eigenvalue weighted by atomic mass is 79.9. The van der Waals surface area contributed by atoms with Gasteiger partial charge in [0.2, 0.25) is 5.95 Å². The van der Waals surface area contributed by atoms with E-state index in [1.807, 2.05) is 35.7 Å². The first-order valence-electron chi connectivity index (χ1n) is 8.35. The van der Waals surface area contributed by atoms with Gasteiger partial charge in [0.15, 0.2) is 0 Å². The zero-order valence-electron chi connectivity index (χ0n) is 13.7. The molecule has 25 heavy (non-hydrogen) atoms. The summed E-state index contributed by atoms with van der Waals surface area (Å²) in [6.45, 7) is 2.18. The zero-order chi connectivity index (χ0) is 17.4. The molecule has 3 heterocycles. The second-order valence-corrected chi connectivity index (χ2v) is 8.22. The molecule has 0 saturated carbocycles. The molecule has 0 spiro atoms. The maximum atomic E-state index is 13.1. The summed E-state index contributed by atoms with van der Waals surface area (Å²) < 4.78 is 3.53. The topological polar surface area (TPSA) is 64.2 Å². The number of nitrogens with zero attached hydrogens (tertiary/aromatic N) is 3. The van der Waals surface area contributed by atoms with Crippen LogP contribution in [0.4, 0.5) is 5.95 Å². The van der Waals surface area contributed by atoms with Crippen molar-refractivity contribution in [2.75, 3.05) is 18.0 Å². The van der Waals surface area contributed by atoms with Gasteiger partial charge in [-0.2, -0.15) is 0 Å². The van der Waals surface area contributed by atoms with Crippen LogP contribution in [0.15, 0.2) is 45.0 Å². The summed E-state index contributed by atoms with van der Waals surface area (Å²) in [5.74, 6) is 0.753. The third-order valence-corrected chi connectivity index (χ3v) is 5.98. The molecule has 2 aromatic heterocycles. The number of benzene rings is 1. The molecular weight excluding hydrogens is 400 g/mol. The Labute approximate surface area is 158 Å². The fourth-order valence-electron chi connectivity index (χ4n) is 3.23. The molecule has 2 N–H and O–H groups in total. The summed E-state index contributed by atoms with van der Waals surface area (Å²) in [7, 11) is 0. The first-order valence-corrected chi connectivity index (χ1v) is 10.0. The smallest absolute Gasteiger partial charge is 0.273 e. The molecule has 5 nitrogen and oxygen atoms in total. The molecule has 1 aliphatic rings.